The second kappa shape index (κ2) is 7.50. The van der Waals surface area contributed by atoms with Gasteiger partial charge in [0, 0.05) is 19.2 Å². The average Bonchev–Trinajstić information content (AvgIpc) is 3.27. The zero-order valence-electron chi connectivity index (χ0n) is 13.7. The van der Waals surface area contributed by atoms with Gasteiger partial charge >= 0.3 is 0 Å². The van der Waals surface area contributed by atoms with Gasteiger partial charge in [0.1, 0.15) is 11.8 Å². The fourth-order valence-electron chi connectivity index (χ4n) is 3.03. The second-order valence-corrected chi connectivity index (χ2v) is 6.87. The lowest BCUT2D eigenvalue weighted by Crippen LogP contribution is -2.46. The van der Waals surface area contributed by atoms with Crippen molar-refractivity contribution in [2.75, 3.05) is 13.6 Å². The first kappa shape index (κ1) is 17.8. The van der Waals surface area contributed by atoms with E-state index >= 15 is 0 Å². The van der Waals surface area contributed by atoms with E-state index in [2.05, 4.69) is 0 Å². The Hall–Kier alpha value is -1.98. The van der Waals surface area contributed by atoms with Crippen molar-refractivity contribution in [3.05, 3.63) is 58.0 Å². The van der Waals surface area contributed by atoms with Crippen LogP contribution in [0.2, 0.25) is 10.0 Å². The molecule has 2 amide bonds. The van der Waals surface area contributed by atoms with Gasteiger partial charge in [0.05, 0.1) is 22.9 Å². The summed E-state index contributed by atoms with van der Waals surface area (Å²) in [6.07, 6.45) is 3.01. The molecule has 132 valence electrons. The molecule has 0 bridgehead atoms. The molecule has 25 heavy (non-hydrogen) atoms. The minimum atomic E-state index is -0.470. The van der Waals surface area contributed by atoms with E-state index in [1.807, 2.05) is 6.07 Å². The molecular weight excluding hydrogens is 363 g/mol. The highest BCUT2D eigenvalue weighted by Crippen LogP contribution is 2.26. The van der Waals surface area contributed by atoms with Crippen LogP contribution in [-0.2, 0) is 11.3 Å². The van der Waals surface area contributed by atoms with E-state index in [-0.39, 0.29) is 11.8 Å². The summed E-state index contributed by atoms with van der Waals surface area (Å²) >= 11 is 11.9. The van der Waals surface area contributed by atoms with Crippen LogP contribution in [0.15, 0.2) is 41.0 Å². The van der Waals surface area contributed by atoms with Crippen LogP contribution < -0.4 is 0 Å². The van der Waals surface area contributed by atoms with E-state index in [0.29, 0.717) is 40.9 Å². The van der Waals surface area contributed by atoms with Gasteiger partial charge in [0.25, 0.3) is 5.91 Å². The summed E-state index contributed by atoms with van der Waals surface area (Å²) in [6, 6.07) is 7.89. The third-order valence-electron chi connectivity index (χ3n) is 4.31. The first-order valence-corrected chi connectivity index (χ1v) is 8.76. The first-order chi connectivity index (χ1) is 12.0. The van der Waals surface area contributed by atoms with Gasteiger partial charge in [-0.05, 0) is 43.2 Å². The van der Waals surface area contributed by atoms with Gasteiger partial charge in [-0.2, -0.15) is 0 Å². The highest BCUT2D eigenvalue weighted by atomic mass is 35.5. The van der Waals surface area contributed by atoms with Crippen LogP contribution in [-0.4, -0.2) is 41.2 Å². The summed E-state index contributed by atoms with van der Waals surface area (Å²) in [5.41, 5.74) is 0.433. The molecule has 1 saturated heterocycles. The average molecular weight is 381 g/mol. The fraction of sp³-hybridized carbons (Fsp3) is 0.333. The van der Waals surface area contributed by atoms with Gasteiger partial charge in [0.2, 0.25) is 5.91 Å². The van der Waals surface area contributed by atoms with E-state index in [4.69, 9.17) is 27.6 Å². The third-order valence-corrected chi connectivity index (χ3v) is 5.05. The minimum Gasteiger partial charge on any atom is -0.467 e. The maximum Gasteiger partial charge on any atom is 0.254 e. The summed E-state index contributed by atoms with van der Waals surface area (Å²) < 4.78 is 5.28. The molecule has 0 radical (unpaired) electrons. The summed E-state index contributed by atoms with van der Waals surface area (Å²) in [4.78, 5) is 28.8. The van der Waals surface area contributed by atoms with Crippen LogP contribution in [0, 0.1) is 0 Å². The molecule has 1 fully saturated rings. The van der Waals surface area contributed by atoms with Crippen LogP contribution in [0.4, 0.5) is 0 Å². The van der Waals surface area contributed by atoms with Gasteiger partial charge in [-0.15, -0.1) is 0 Å². The van der Waals surface area contributed by atoms with Crippen molar-refractivity contribution >= 4 is 35.0 Å². The number of hydrogen-bond donors (Lipinski definition) is 0. The van der Waals surface area contributed by atoms with Crippen LogP contribution in [0.1, 0.15) is 29.0 Å². The summed E-state index contributed by atoms with van der Waals surface area (Å²) in [5, 5.41) is 0.718. The number of hydrogen-bond acceptors (Lipinski definition) is 3. The Bertz CT molecular complexity index is 777. The molecule has 0 N–H and O–H groups in total. The Morgan fingerprint density at radius 3 is 2.76 bits per heavy atom. The molecule has 1 aromatic heterocycles. The van der Waals surface area contributed by atoms with Crippen molar-refractivity contribution in [2.45, 2.75) is 25.4 Å². The Labute approximate surface area is 156 Å². The van der Waals surface area contributed by atoms with Crippen molar-refractivity contribution in [1.29, 1.82) is 0 Å². The number of carbonyl (C=O) groups is 2. The largest absolute Gasteiger partial charge is 0.467 e. The molecule has 1 aliphatic heterocycles. The Balaban J connectivity index is 1.73. The zero-order chi connectivity index (χ0) is 18.0. The number of benzene rings is 1. The molecule has 0 aliphatic carbocycles. The topological polar surface area (TPSA) is 53.8 Å². The fourth-order valence-corrected chi connectivity index (χ4v) is 3.33. The highest BCUT2D eigenvalue weighted by Gasteiger charge is 2.36. The lowest BCUT2D eigenvalue weighted by Gasteiger charge is -2.27. The van der Waals surface area contributed by atoms with Crippen LogP contribution in [0.25, 0.3) is 0 Å². The molecule has 0 spiro atoms. The molecule has 1 atom stereocenters. The second-order valence-electron chi connectivity index (χ2n) is 6.06. The Morgan fingerprint density at radius 1 is 1.28 bits per heavy atom. The molecule has 7 heteroatoms. The van der Waals surface area contributed by atoms with E-state index in [9.17, 15) is 9.59 Å². The minimum absolute atomic E-state index is 0.0951. The number of furan rings is 1. The van der Waals surface area contributed by atoms with Gasteiger partial charge in [-0.1, -0.05) is 23.2 Å². The number of likely N-dealkylation sites (N-methyl/N-ethyl adjacent to an activating group) is 1. The molecule has 2 aromatic rings. The van der Waals surface area contributed by atoms with Gasteiger partial charge in [-0.25, -0.2) is 0 Å². The van der Waals surface area contributed by atoms with E-state index < -0.39 is 6.04 Å². The predicted molar refractivity (Wildman–Crippen MR) is 95.7 cm³/mol. The Kier molecular flexibility index (Phi) is 5.35. The van der Waals surface area contributed by atoms with Crippen molar-refractivity contribution < 1.29 is 14.0 Å². The van der Waals surface area contributed by atoms with Crippen molar-refractivity contribution in [1.82, 2.24) is 9.80 Å². The number of rotatable bonds is 4. The standard InChI is InChI=1S/C18H18Cl2N2O3/c1-21(11-13-4-3-9-25-13)18(24)16-5-2-8-22(16)17(23)12-6-7-14(19)15(20)10-12/h3-4,6-7,9-10,16H,2,5,8,11H2,1H3/t16-/m1/s1. The monoisotopic (exact) mass is 380 g/mol. The lowest BCUT2D eigenvalue weighted by molar-refractivity contribution is -0.134. The summed E-state index contributed by atoms with van der Waals surface area (Å²) in [6.45, 7) is 0.918. The normalized spacial score (nSPS) is 16.9. The van der Waals surface area contributed by atoms with Crippen molar-refractivity contribution in [3.8, 4) is 0 Å². The molecular formula is C18H18Cl2N2O3. The molecule has 1 aliphatic rings. The molecule has 2 heterocycles. The smallest absolute Gasteiger partial charge is 0.254 e. The van der Waals surface area contributed by atoms with Crippen molar-refractivity contribution in [3.63, 3.8) is 0 Å². The number of amides is 2. The van der Waals surface area contributed by atoms with Gasteiger partial charge in [0.15, 0.2) is 0 Å². The predicted octanol–water partition coefficient (Wildman–Crippen LogP) is 3.85. The van der Waals surface area contributed by atoms with E-state index in [0.717, 1.165) is 6.42 Å². The highest BCUT2D eigenvalue weighted by molar-refractivity contribution is 6.42. The maximum atomic E-state index is 12.8. The maximum absolute atomic E-state index is 12.8. The Morgan fingerprint density at radius 2 is 2.08 bits per heavy atom. The molecule has 0 saturated carbocycles. The van der Waals surface area contributed by atoms with Crippen LogP contribution in [0.3, 0.4) is 0 Å². The van der Waals surface area contributed by atoms with Gasteiger partial charge in [-0.3, -0.25) is 9.59 Å². The quantitative estimate of drug-likeness (QED) is 0.809. The SMILES string of the molecule is CN(Cc1ccco1)C(=O)[C@H]1CCCN1C(=O)c1ccc(Cl)c(Cl)c1. The molecule has 0 unspecified atom stereocenters. The third kappa shape index (κ3) is 3.83. The van der Waals surface area contributed by atoms with Crippen LogP contribution >= 0.6 is 23.2 Å². The summed E-state index contributed by atoms with van der Waals surface area (Å²) in [5.74, 6) is 0.402. The number of likely N-dealkylation sites (tertiary alicyclic amines) is 1. The number of carbonyl (C=O) groups excluding carboxylic acids is 2. The lowest BCUT2D eigenvalue weighted by atomic mass is 10.1. The molecule has 5 nitrogen and oxygen atoms in total. The van der Waals surface area contributed by atoms with Gasteiger partial charge < -0.3 is 14.2 Å². The summed E-state index contributed by atoms with van der Waals surface area (Å²) in [7, 11) is 1.71. The van der Waals surface area contributed by atoms with Crippen molar-refractivity contribution in [2.24, 2.45) is 0 Å². The number of nitrogens with zero attached hydrogens (tertiary/aromatic N) is 2. The first-order valence-electron chi connectivity index (χ1n) is 8.00. The van der Waals surface area contributed by atoms with E-state index in [1.54, 1.807) is 47.4 Å². The number of halogens is 2. The molecule has 3 rings (SSSR count). The zero-order valence-corrected chi connectivity index (χ0v) is 15.3. The van der Waals surface area contributed by atoms with Crippen LogP contribution in [0.5, 0.6) is 0 Å². The van der Waals surface area contributed by atoms with E-state index in [1.165, 1.54) is 0 Å². The molecule has 1 aromatic carbocycles.